The Morgan fingerprint density at radius 3 is 2.56 bits per heavy atom. The molecule has 1 aromatic heterocycles. The molecule has 3 aromatic carbocycles. The van der Waals surface area contributed by atoms with Crippen LogP contribution in [0.1, 0.15) is 67.6 Å². The number of halogens is 2. The lowest BCUT2D eigenvalue weighted by atomic mass is 9.87. The summed E-state index contributed by atoms with van der Waals surface area (Å²) in [5.74, 6) is -0.958. The first-order valence-corrected chi connectivity index (χ1v) is 16.1. The van der Waals surface area contributed by atoms with Crippen LogP contribution in [0.3, 0.4) is 0 Å². The van der Waals surface area contributed by atoms with E-state index in [1.165, 1.54) is 24.3 Å². The zero-order valence-electron chi connectivity index (χ0n) is 24.5. The third-order valence-corrected chi connectivity index (χ3v) is 9.53. The normalized spacial score (nSPS) is 19.1. The monoisotopic (exact) mass is 606 g/mol. The molecule has 2 aliphatic carbocycles. The van der Waals surface area contributed by atoms with Gasteiger partial charge in [-0.05, 0) is 84.7 Å². The molecule has 10 heteroatoms. The molecule has 1 heterocycles. The van der Waals surface area contributed by atoms with E-state index in [0.29, 0.717) is 29.9 Å². The van der Waals surface area contributed by atoms with E-state index in [1.807, 2.05) is 43.7 Å². The number of carbonyl (C=O) groups is 1. The number of nitrogens with one attached hydrogen (secondary N) is 1. The summed E-state index contributed by atoms with van der Waals surface area (Å²) in [5.41, 5.74) is 2.94. The number of fused-ring (bicyclic) bond motifs is 1. The van der Waals surface area contributed by atoms with Crippen LogP contribution >= 0.6 is 0 Å². The van der Waals surface area contributed by atoms with Crippen LogP contribution in [0.25, 0.3) is 0 Å². The van der Waals surface area contributed by atoms with E-state index in [4.69, 9.17) is 0 Å². The predicted octanol–water partition coefficient (Wildman–Crippen LogP) is 6.42. The molecule has 1 fully saturated rings. The van der Waals surface area contributed by atoms with Gasteiger partial charge < -0.3 is 9.47 Å². The van der Waals surface area contributed by atoms with Gasteiger partial charge in [0.2, 0.25) is 15.9 Å². The maximum absolute atomic E-state index is 14.5. The van der Waals surface area contributed by atoms with Gasteiger partial charge in [-0.25, -0.2) is 26.9 Å². The molecule has 0 saturated heterocycles. The summed E-state index contributed by atoms with van der Waals surface area (Å²) in [4.78, 5) is 19.9. The van der Waals surface area contributed by atoms with Gasteiger partial charge >= 0.3 is 0 Å². The van der Waals surface area contributed by atoms with Crippen molar-refractivity contribution < 1.29 is 22.0 Å². The predicted molar refractivity (Wildman–Crippen MR) is 162 cm³/mol. The number of amides is 1. The van der Waals surface area contributed by atoms with E-state index >= 15 is 0 Å². The summed E-state index contributed by atoms with van der Waals surface area (Å²) in [6, 6.07) is 16.6. The lowest BCUT2D eigenvalue weighted by Crippen LogP contribution is -2.34. The quantitative estimate of drug-likeness (QED) is 0.251. The molecule has 1 saturated carbocycles. The molecule has 43 heavy (non-hydrogen) atoms. The maximum Gasteiger partial charge on any atom is 0.241 e. The minimum absolute atomic E-state index is 0.131. The molecular formula is C33H36F2N4O3S. The highest BCUT2D eigenvalue weighted by Gasteiger charge is 2.47. The number of carbonyl (C=O) groups excluding carboxylic acids is 1. The summed E-state index contributed by atoms with van der Waals surface area (Å²) in [5, 5.41) is 0. The number of anilines is 1. The second kappa shape index (κ2) is 12.8. The van der Waals surface area contributed by atoms with E-state index in [9.17, 15) is 22.0 Å². The smallest absolute Gasteiger partial charge is 0.241 e. The van der Waals surface area contributed by atoms with Gasteiger partial charge in [0, 0.05) is 37.1 Å². The van der Waals surface area contributed by atoms with E-state index in [-0.39, 0.29) is 35.0 Å². The van der Waals surface area contributed by atoms with Gasteiger partial charge in [-0.3, -0.25) is 4.79 Å². The van der Waals surface area contributed by atoms with Crippen molar-refractivity contribution in [3.8, 4) is 0 Å². The number of aryl methyl sites for hydroxylation is 2. The van der Waals surface area contributed by atoms with Crippen molar-refractivity contribution in [1.29, 1.82) is 0 Å². The van der Waals surface area contributed by atoms with Crippen molar-refractivity contribution in [3.63, 3.8) is 0 Å². The van der Waals surface area contributed by atoms with Crippen LogP contribution in [0.2, 0.25) is 0 Å². The number of imidazole rings is 1. The molecule has 6 rings (SSSR count). The second-order valence-electron chi connectivity index (χ2n) is 10.8. The van der Waals surface area contributed by atoms with E-state index < -0.39 is 21.9 Å². The van der Waals surface area contributed by atoms with Crippen molar-refractivity contribution in [1.82, 2.24) is 14.3 Å². The lowest BCUT2D eigenvalue weighted by Gasteiger charge is -2.29. The Morgan fingerprint density at radius 2 is 1.84 bits per heavy atom. The highest BCUT2D eigenvalue weighted by Crippen LogP contribution is 2.50. The Morgan fingerprint density at radius 1 is 1.05 bits per heavy atom. The van der Waals surface area contributed by atoms with Crippen molar-refractivity contribution in [2.75, 3.05) is 4.90 Å². The van der Waals surface area contributed by atoms with Crippen LogP contribution in [0, 0.1) is 17.6 Å². The number of nitrogens with zero attached hydrogens (tertiary/aromatic N) is 3. The summed E-state index contributed by atoms with van der Waals surface area (Å²) < 4.78 is 59.2. The van der Waals surface area contributed by atoms with Crippen LogP contribution in [0.15, 0.2) is 84.0 Å². The van der Waals surface area contributed by atoms with Crippen molar-refractivity contribution in [3.05, 3.63) is 113 Å². The Bertz CT molecular complexity index is 1720. The SMILES string of the molecule is CC.Cn1ccnc1CN(C(=O)C1CC1c1ccccc1F)c1ccc2c(c1)C(NS(=O)(=O)c1cccc(F)c1)CCC2. The number of hydrogen-bond acceptors (Lipinski definition) is 4. The molecule has 0 spiro atoms. The standard InChI is InChI=1S/C31H30F2N4O3S.C2H6/c1-36-15-14-34-30(36)19-37(31(38)27-18-26(27)24-9-2-3-10-28(24)33)22-13-12-20-6-4-11-29(25(20)17-22)35-41(39,40)23-8-5-7-21(32)16-23;1-2/h2-3,5,7-10,12-17,26-27,29,35H,4,6,11,18-19H2,1H3;1-2H3. The van der Waals surface area contributed by atoms with Crippen molar-refractivity contribution in [2.24, 2.45) is 13.0 Å². The topological polar surface area (TPSA) is 84.3 Å². The largest absolute Gasteiger partial charge is 0.337 e. The molecule has 3 atom stereocenters. The van der Waals surface area contributed by atoms with Gasteiger partial charge in [0.15, 0.2) is 0 Å². The second-order valence-corrected chi connectivity index (χ2v) is 12.5. The lowest BCUT2D eigenvalue weighted by molar-refractivity contribution is -0.120. The van der Waals surface area contributed by atoms with E-state index in [2.05, 4.69) is 9.71 Å². The third-order valence-electron chi connectivity index (χ3n) is 8.06. The van der Waals surface area contributed by atoms with Gasteiger partial charge in [0.25, 0.3) is 0 Å². The van der Waals surface area contributed by atoms with Gasteiger partial charge in [-0.1, -0.05) is 44.2 Å². The summed E-state index contributed by atoms with van der Waals surface area (Å²) in [6.45, 7) is 4.21. The minimum atomic E-state index is -3.99. The summed E-state index contributed by atoms with van der Waals surface area (Å²) >= 11 is 0. The third kappa shape index (κ3) is 6.55. The first kappa shape index (κ1) is 30.6. The Hall–Kier alpha value is -3.89. The minimum Gasteiger partial charge on any atom is -0.337 e. The average Bonchev–Trinajstić information content (AvgIpc) is 3.70. The van der Waals surface area contributed by atoms with Gasteiger partial charge in [0.1, 0.15) is 17.5 Å². The first-order valence-electron chi connectivity index (χ1n) is 14.6. The summed E-state index contributed by atoms with van der Waals surface area (Å²) in [6.07, 6.45) is 6.15. The zero-order chi connectivity index (χ0) is 30.7. The van der Waals surface area contributed by atoms with Crippen LogP contribution in [0.4, 0.5) is 14.5 Å². The molecule has 0 bridgehead atoms. The first-order chi connectivity index (χ1) is 20.7. The zero-order valence-corrected chi connectivity index (χ0v) is 25.3. The number of aromatic nitrogens is 2. The Balaban J connectivity index is 0.00000180. The van der Waals surface area contributed by atoms with Crippen LogP contribution in [-0.2, 0) is 34.8 Å². The molecule has 3 unspecified atom stereocenters. The van der Waals surface area contributed by atoms with Crippen molar-refractivity contribution in [2.45, 2.75) is 62.9 Å². The molecule has 4 aromatic rings. The van der Waals surface area contributed by atoms with Crippen LogP contribution < -0.4 is 9.62 Å². The fourth-order valence-electron chi connectivity index (χ4n) is 5.74. The van der Waals surface area contributed by atoms with Crippen LogP contribution in [-0.4, -0.2) is 23.9 Å². The average molecular weight is 607 g/mol. The number of rotatable bonds is 8. The van der Waals surface area contributed by atoms with E-state index in [0.717, 1.165) is 30.0 Å². The van der Waals surface area contributed by atoms with Gasteiger partial charge in [-0.15, -0.1) is 0 Å². The number of benzene rings is 3. The molecule has 7 nitrogen and oxygen atoms in total. The molecule has 0 radical (unpaired) electrons. The molecule has 2 aliphatic rings. The molecule has 226 valence electrons. The number of hydrogen-bond donors (Lipinski definition) is 1. The fraction of sp³-hybridized carbons (Fsp3) is 0.333. The van der Waals surface area contributed by atoms with Gasteiger partial charge in [0.05, 0.1) is 11.4 Å². The summed E-state index contributed by atoms with van der Waals surface area (Å²) in [7, 11) is -2.13. The number of sulfonamides is 1. The Labute approximate surface area is 251 Å². The van der Waals surface area contributed by atoms with Crippen molar-refractivity contribution >= 4 is 21.6 Å². The molecular weight excluding hydrogens is 570 g/mol. The highest BCUT2D eigenvalue weighted by atomic mass is 32.2. The fourth-order valence-corrected chi connectivity index (χ4v) is 7.02. The van der Waals surface area contributed by atoms with E-state index in [1.54, 1.807) is 35.5 Å². The molecule has 1 amide bonds. The maximum atomic E-state index is 14.5. The Kier molecular flexibility index (Phi) is 9.08. The highest BCUT2D eigenvalue weighted by molar-refractivity contribution is 7.89. The van der Waals surface area contributed by atoms with Gasteiger partial charge in [-0.2, -0.15) is 0 Å². The van der Waals surface area contributed by atoms with Crippen LogP contribution in [0.5, 0.6) is 0 Å². The molecule has 0 aliphatic heterocycles. The molecule has 1 N–H and O–H groups in total.